The summed E-state index contributed by atoms with van der Waals surface area (Å²) >= 11 is 0. The third-order valence-corrected chi connectivity index (χ3v) is 3.43. The first-order valence-corrected chi connectivity index (χ1v) is 10.7. The van der Waals surface area contributed by atoms with Gasteiger partial charge in [-0.1, -0.05) is 54.9 Å². The molecule has 1 aliphatic rings. The summed E-state index contributed by atoms with van der Waals surface area (Å²) in [4.78, 5) is 37.0. The van der Waals surface area contributed by atoms with Gasteiger partial charge in [0.2, 0.25) is 5.91 Å². The van der Waals surface area contributed by atoms with E-state index in [9.17, 15) is 19.5 Å². The third kappa shape index (κ3) is 13.9. The highest BCUT2D eigenvalue weighted by Gasteiger charge is 2.39. The van der Waals surface area contributed by atoms with E-state index in [1.807, 2.05) is 0 Å². The van der Waals surface area contributed by atoms with Crippen LogP contribution in [0.25, 0.3) is 0 Å². The second-order valence-electron chi connectivity index (χ2n) is 9.33. The average molecular weight is 417 g/mol. The Morgan fingerprint density at radius 1 is 1.10 bits per heavy atom. The van der Waals surface area contributed by atoms with Crippen molar-refractivity contribution in [3.8, 4) is 0 Å². The van der Waals surface area contributed by atoms with Gasteiger partial charge >= 0.3 is 12.1 Å². The lowest BCUT2D eigenvalue weighted by Gasteiger charge is -2.30. The Kier molecular flexibility index (Phi) is 14.4. The molecule has 0 aromatic heterocycles. The molecule has 1 heterocycles. The number of rotatable bonds is 4. The van der Waals surface area contributed by atoms with Crippen molar-refractivity contribution in [2.75, 3.05) is 6.54 Å². The van der Waals surface area contributed by atoms with Crippen LogP contribution < -0.4 is 5.32 Å². The molecule has 0 spiro atoms. The van der Waals surface area contributed by atoms with Gasteiger partial charge in [-0.2, -0.15) is 0 Å². The van der Waals surface area contributed by atoms with Gasteiger partial charge in [-0.25, -0.2) is 9.59 Å². The summed E-state index contributed by atoms with van der Waals surface area (Å²) in [6, 6.07) is -1.61. The molecule has 0 saturated carbocycles. The van der Waals surface area contributed by atoms with Crippen molar-refractivity contribution in [1.29, 1.82) is 0 Å². The molecule has 0 aromatic rings. The lowest BCUT2D eigenvalue weighted by molar-refractivity contribution is -0.149. The van der Waals surface area contributed by atoms with E-state index in [0.29, 0.717) is 19.4 Å². The maximum absolute atomic E-state index is 12.6. The summed E-state index contributed by atoms with van der Waals surface area (Å²) in [7, 11) is 0. The predicted molar refractivity (Wildman–Crippen MR) is 117 cm³/mol. The van der Waals surface area contributed by atoms with Crippen molar-refractivity contribution < 1.29 is 24.2 Å². The number of carbonyl (C=O) groups is 3. The second-order valence-corrected chi connectivity index (χ2v) is 9.33. The zero-order valence-electron chi connectivity index (χ0n) is 20.2. The molecule has 0 bridgehead atoms. The van der Waals surface area contributed by atoms with Crippen molar-refractivity contribution >= 4 is 18.0 Å². The van der Waals surface area contributed by atoms with Crippen LogP contribution in [0.1, 0.15) is 88.5 Å². The number of carboxylic acids is 1. The van der Waals surface area contributed by atoms with Gasteiger partial charge in [0.15, 0.2) is 0 Å². The van der Waals surface area contributed by atoms with Crippen molar-refractivity contribution in [3.63, 3.8) is 0 Å². The Hall–Kier alpha value is -1.79. The van der Waals surface area contributed by atoms with Gasteiger partial charge < -0.3 is 20.1 Å². The van der Waals surface area contributed by atoms with E-state index in [4.69, 9.17) is 4.74 Å². The number of alkyl carbamates (subject to hydrolysis) is 1. The minimum Gasteiger partial charge on any atom is -0.480 e. The van der Waals surface area contributed by atoms with Crippen LogP contribution in [0, 0.1) is 11.8 Å². The van der Waals surface area contributed by atoms with Crippen molar-refractivity contribution in [2.45, 2.75) is 106 Å². The van der Waals surface area contributed by atoms with Crippen LogP contribution >= 0.6 is 0 Å². The Bertz CT molecular complexity index is 495. The first kappa shape index (κ1) is 29.4. The molecule has 0 radical (unpaired) electrons. The predicted octanol–water partition coefficient (Wildman–Crippen LogP) is 4.69. The van der Waals surface area contributed by atoms with Gasteiger partial charge in [0.05, 0.1) is 0 Å². The highest BCUT2D eigenvalue weighted by Crippen LogP contribution is 2.20. The van der Waals surface area contributed by atoms with Crippen LogP contribution in [0.5, 0.6) is 0 Å². The lowest BCUT2D eigenvalue weighted by atomic mass is 10.0. The smallest absolute Gasteiger partial charge is 0.408 e. The number of likely N-dealkylation sites (tertiary alicyclic amines) is 1. The number of nitrogens with one attached hydrogen (secondary N) is 1. The molecule has 0 aliphatic carbocycles. The number of carboxylic acid groups (broad SMARTS) is 1. The average Bonchev–Trinajstić information content (AvgIpc) is 3.00. The van der Waals surface area contributed by atoms with Gasteiger partial charge in [0, 0.05) is 6.54 Å². The maximum atomic E-state index is 12.6. The molecule has 2 atom stereocenters. The topological polar surface area (TPSA) is 95.9 Å². The fraction of sp³-hybridized carbons (Fsp3) is 0.864. The highest BCUT2D eigenvalue weighted by atomic mass is 16.6. The van der Waals surface area contributed by atoms with Gasteiger partial charge in [0.25, 0.3) is 0 Å². The number of ether oxygens (including phenoxy) is 1. The zero-order valence-corrected chi connectivity index (χ0v) is 20.2. The van der Waals surface area contributed by atoms with Crippen molar-refractivity contribution in [1.82, 2.24) is 10.2 Å². The molecular weight excluding hydrogens is 372 g/mol. The van der Waals surface area contributed by atoms with E-state index < -0.39 is 29.7 Å². The van der Waals surface area contributed by atoms with E-state index in [1.54, 1.807) is 34.6 Å². The zero-order chi connectivity index (χ0) is 23.4. The van der Waals surface area contributed by atoms with E-state index in [2.05, 4.69) is 39.9 Å². The Balaban J connectivity index is 0. The number of hydrogen-bond donors (Lipinski definition) is 2. The van der Waals surface area contributed by atoms with E-state index in [-0.39, 0.29) is 11.8 Å². The minimum atomic E-state index is -1.01. The normalized spacial score (nSPS) is 17.0. The number of nitrogens with zero attached hydrogens (tertiary/aromatic N) is 1. The highest BCUT2D eigenvalue weighted by molar-refractivity contribution is 5.90. The van der Waals surface area contributed by atoms with Crippen LogP contribution in [-0.2, 0) is 14.3 Å². The van der Waals surface area contributed by atoms with Crippen molar-refractivity contribution in [2.24, 2.45) is 11.8 Å². The van der Waals surface area contributed by atoms with Gasteiger partial charge in [0.1, 0.15) is 17.7 Å². The molecule has 2 N–H and O–H groups in total. The Morgan fingerprint density at radius 3 is 1.90 bits per heavy atom. The summed E-state index contributed by atoms with van der Waals surface area (Å²) in [5, 5.41) is 11.7. The van der Waals surface area contributed by atoms with Crippen LogP contribution in [-0.4, -0.2) is 52.2 Å². The third-order valence-electron chi connectivity index (χ3n) is 3.43. The largest absolute Gasteiger partial charge is 0.480 e. The van der Waals surface area contributed by atoms with Crippen LogP contribution in [0.2, 0.25) is 0 Å². The van der Waals surface area contributed by atoms with Gasteiger partial charge in [-0.3, -0.25) is 4.79 Å². The van der Waals surface area contributed by atoms with Crippen LogP contribution in [0.3, 0.4) is 0 Å². The molecule has 172 valence electrons. The second kappa shape index (κ2) is 14.2. The number of amides is 2. The maximum Gasteiger partial charge on any atom is 0.408 e. The SMILES string of the molecule is CC(C)C.CC(C)C(NC(=O)OC(C)(C)C)C(=O)N1CCCC1C(=O)O.CCC. The standard InChI is InChI=1S/C15H26N2O5.C4H10.C3H8/c1-9(2)11(16-14(21)22-15(3,4)5)12(18)17-8-6-7-10(17)13(19)20;1-4(2)3;1-3-2/h9-11H,6-8H2,1-5H3,(H,16,21)(H,19,20);4H,1-3H3;3H2,1-2H3. The number of carbonyl (C=O) groups excluding carboxylic acids is 2. The molecule has 1 saturated heterocycles. The molecule has 29 heavy (non-hydrogen) atoms. The van der Waals surface area contributed by atoms with Crippen LogP contribution in [0.4, 0.5) is 4.79 Å². The number of hydrogen-bond acceptors (Lipinski definition) is 4. The summed E-state index contributed by atoms with van der Waals surface area (Å²) in [6.45, 7) is 20.0. The molecule has 1 aliphatic heterocycles. The summed E-state index contributed by atoms with van der Waals surface area (Å²) in [5.41, 5.74) is -0.661. The molecule has 1 fully saturated rings. The summed E-state index contributed by atoms with van der Waals surface area (Å²) in [6.07, 6.45) is 1.67. The fourth-order valence-electron chi connectivity index (χ4n) is 2.41. The van der Waals surface area contributed by atoms with Gasteiger partial charge in [-0.15, -0.1) is 0 Å². The molecule has 2 amide bonds. The minimum absolute atomic E-state index is 0.171. The fourth-order valence-corrected chi connectivity index (χ4v) is 2.41. The monoisotopic (exact) mass is 416 g/mol. The lowest BCUT2D eigenvalue weighted by Crippen LogP contribution is -2.54. The first-order valence-electron chi connectivity index (χ1n) is 10.7. The summed E-state index contributed by atoms with van der Waals surface area (Å²) < 4.78 is 5.17. The van der Waals surface area contributed by atoms with E-state index in [0.717, 1.165) is 5.92 Å². The quantitative estimate of drug-likeness (QED) is 0.693. The Labute approximate surface area is 177 Å². The van der Waals surface area contributed by atoms with Gasteiger partial charge in [-0.05, 0) is 45.4 Å². The molecule has 7 heteroatoms. The molecule has 0 aromatic carbocycles. The molecule has 7 nitrogen and oxygen atoms in total. The first-order chi connectivity index (χ1) is 13.2. The van der Waals surface area contributed by atoms with Crippen molar-refractivity contribution in [3.05, 3.63) is 0 Å². The van der Waals surface area contributed by atoms with E-state index >= 15 is 0 Å². The van der Waals surface area contributed by atoms with E-state index in [1.165, 1.54) is 11.3 Å². The molecular formula is C22H44N2O5. The summed E-state index contributed by atoms with van der Waals surface area (Å²) in [5.74, 6) is -0.716. The number of aliphatic carboxylic acids is 1. The van der Waals surface area contributed by atoms with Crippen LogP contribution in [0.15, 0.2) is 0 Å². The molecule has 2 unspecified atom stereocenters. The molecule has 1 rings (SSSR count). The Morgan fingerprint density at radius 2 is 1.55 bits per heavy atom.